The molecule has 1 heterocycles. The Bertz CT molecular complexity index is 420. The second-order valence-corrected chi connectivity index (χ2v) is 4.32. The predicted octanol–water partition coefficient (Wildman–Crippen LogP) is 1.94. The molecule has 1 aromatic carbocycles. The molecule has 0 spiro atoms. The number of amides is 1. The van der Waals surface area contributed by atoms with Gasteiger partial charge in [-0.15, -0.1) is 0 Å². The largest absolute Gasteiger partial charge is 0.316 e. The fraction of sp³-hybridized carbons (Fsp3) is 0.462. The summed E-state index contributed by atoms with van der Waals surface area (Å²) in [4.78, 5) is 12.7. The number of nitrogens with zero attached hydrogens (tertiary/aromatic N) is 1. The van der Waals surface area contributed by atoms with Gasteiger partial charge in [-0.1, -0.05) is 31.2 Å². The number of alkyl halides is 2. The van der Waals surface area contributed by atoms with E-state index in [-0.39, 0.29) is 12.5 Å². The van der Waals surface area contributed by atoms with E-state index < -0.39 is 19.1 Å². The second-order valence-electron chi connectivity index (χ2n) is 4.32. The van der Waals surface area contributed by atoms with Gasteiger partial charge in [0.05, 0.1) is 13.1 Å². The molecule has 0 aromatic heterocycles. The van der Waals surface area contributed by atoms with Crippen molar-refractivity contribution in [2.75, 3.05) is 13.1 Å². The second kappa shape index (κ2) is 5.44. The zero-order valence-electron chi connectivity index (χ0n) is 10.2. The van der Waals surface area contributed by atoms with Gasteiger partial charge in [0.25, 0.3) is 6.43 Å². The Kier molecular flexibility index (Phi) is 3.91. The van der Waals surface area contributed by atoms with Gasteiger partial charge in [0.15, 0.2) is 0 Å². The molecule has 0 aliphatic carbocycles. The molecular weight excluding hydrogens is 238 g/mol. The zero-order chi connectivity index (χ0) is 13.1. The Morgan fingerprint density at radius 1 is 1.39 bits per heavy atom. The summed E-state index contributed by atoms with van der Waals surface area (Å²) >= 11 is 0. The lowest BCUT2D eigenvalue weighted by Gasteiger charge is -2.24. The van der Waals surface area contributed by atoms with Crippen LogP contribution in [0, 0.1) is 0 Å². The van der Waals surface area contributed by atoms with Crippen LogP contribution >= 0.6 is 0 Å². The maximum atomic E-state index is 12.4. The molecule has 98 valence electrons. The van der Waals surface area contributed by atoms with Crippen LogP contribution in [0.4, 0.5) is 8.78 Å². The van der Waals surface area contributed by atoms with E-state index in [0.29, 0.717) is 0 Å². The predicted molar refractivity (Wildman–Crippen MR) is 64.3 cm³/mol. The van der Waals surface area contributed by atoms with E-state index in [1.807, 2.05) is 24.3 Å². The Hall–Kier alpha value is -1.49. The number of nitrogens with one attached hydrogen (secondary N) is 1. The van der Waals surface area contributed by atoms with Gasteiger partial charge >= 0.3 is 0 Å². The highest BCUT2D eigenvalue weighted by Crippen LogP contribution is 2.23. The third kappa shape index (κ3) is 2.67. The highest BCUT2D eigenvalue weighted by Gasteiger charge is 2.33. The van der Waals surface area contributed by atoms with E-state index >= 15 is 0 Å². The highest BCUT2D eigenvalue weighted by atomic mass is 19.3. The summed E-state index contributed by atoms with van der Waals surface area (Å²) in [5.74, 6) is -0.278. The minimum absolute atomic E-state index is 0.118. The molecule has 1 N–H and O–H groups in total. The molecule has 1 unspecified atom stereocenters. The van der Waals surface area contributed by atoms with Crippen LogP contribution in [0.3, 0.4) is 0 Å². The van der Waals surface area contributed by atoms with Crippen molar-refractivity contribution in [1.82, 2.24) is 10.2 Å². The first kappa shape index (κ1) is 13.0. The molecule has 1 aliphatic rings. The van der Waals surface area contributed by atoms with E-state index in [4.69, 9.17) is 0 Å². The number of halogens is 2. The van der Waals surface area contributed by atoms with E-state index in [9.17, 15) is 13.6 Å². The van der Waals surface area contributed by atoms with Crippen LogP contribution in [0.25, 0.3) is 0 Å². The van der Waals surface area contributed by atoms with Crippen LogP contribution in [0.1, 0.15) is 24.2 Å². The first-order valence-corrected chi connectivity index (χ1v) is 6.01. The van der Waals surface area contributed by atoms with Crippen LogP contribution in [-0.2, 0) is 11.2 Å². The van der Waals surface area contributed by atoms with Gasteiger partial charge in [-0.2, -0.15) is 0 Å². The van der Waals surface area contributed by atoms with E-state index in [1.165, 1.54) is 10.5 Å². The summed E-state index contributed by atoms with van der Waals surface area (Å²) < 4.78 is 24.9. The lowest BCUT2D eigenvalue weighted by atomic mass is 10.1. The molecule has 0 bridgehead atoms. The van der Waals surface area contributed by atoms with Crippen molar-refractivity contribution in [2.24, 2.45) is 0 Å². The smallest absolute Gasteiger partial charge is 0.255 e. The topological polar surface area (TPSA) is 32.3 Å². The van der Waals surface area contributed by atoms with Crippen molar-refractivity contribution in [2.45, 2.75) is 25.9 Å². The van der Waals surface area contributed by atoms with E-state index in [0.717, 1.165) is 12.0 Å². The van der Waals surface area contributed by atoms with Crippen molar-refractivity contribution in [3.63, 3.8) is 0 Å². The number of hydrogen-bond donors (Lipinski definition) is 1. The molecular formula is C13H16F2N2O. The fourth-order valence-electron chi connectivity index (χ4n) is 2.13. The van der Waals surface area contributed by atoms with Crippen molar-refractivity contribution >= 4 is 5.91 Å². The van der Waals surface area contributed by atoms with Crippen molar-refractivity contribution in [3.05, 3.63) is 35.4 Å². The van der Waals surface area contributed by atoms with E-state index in [2.05, 4.69) is 12.2 Å². The fourth-order valence-corrected chi connectivity index (χ4v) is 2.13. The molecule has 1 aliphatic heterocycles. The van der Waals surface area contributed by atoms with Gasteiger partial charge in [-0.25, -0.2) is 8.78 Å². The molecule has 0 radical (unpaired) electrons. The van der Waals surface area contributed by atoms with Crippen LogP contribution < -0.4 is 5.32 Å². The molecule has 1 saturated heterocycles. The molecule has 1 amide bonds. The molecule has 1 atom stereocenters. The first-order chi connectivity index (χ1) is 8.61. The summed E-state index contributed by atoms with van der Waals surface area (Å²) in [6.07, 6.45) is -2.01. The Labute approximate surface area is 105 Å². The third-order valence-electron chi connectivity index (χ3n) is 3.12. The van der Waals surface area contributed by atoms with Gasteiger partial charge in [0.2, 0.25) is 5.91 Å². The zero-order valence-corrected chi connectivity index (χ0v) is 10.2. The maximum Gasteiger partial charge on any atom is 0.255 e. The molecule has 1 aromatic rings. The van der Waals surface area contributed by atoms with Gasteiger partial charge in [-0.05, 0) is 17.5 Å². The number of benzene rings is 1. The van der Waals surface area contributed by atoms with Crippen LogP contribution in [0.2, 0.25) is 0 Å². The molecule has 0 saturated carbocycles. The van der Waals surface area contributed by atoms with Crippen LogP contribution in [0.15, 0.2) is 24.3 Å². The first-order valence-electron chi connectivity index (χ1n) is 6.01. The number of hydrogen-bond acceptors (Lipinski definition) is 2. The standard InChI is InChI=1S/C13H16F2N2O/c1-2-9-3-5-10(6-4-9)13-16-7-12(18)17(13)8-11(14)15/h3-6,11,13,16H,2,7-8H2,1H3. The number of carbonyl (C=O) groups is 1. The normalized spacial score (nSPS) is 19.9. The molecule has 2 rings (SSSR count). The average molecular weight is 254 g/mol. The number of carbonyl (C=O) groups excluding carboxylic acids is 1. The lowest BCUT2D eigenvalue weighted by Crippen LogP contribution is -2.34. The van der Waals surface area contributed by atoms with Gasteiger partial charge < -0.3 is 4.90 Å². The molecule has 1 fully saturated rings. The maximum absolute atomic E-state index is 12.4. The summed E-state index contributed by atoms with van der Waals surface area (Å²) in [6, 6.07) is 7.68. The Morgan fingerprint density at radius 2 is 2.06 bits per heavy atom. The summed E-state index contributed by atoms with van der Waals surface area (Å²) in [5, 5.41) is 2.96. The van der Waals surface area contributed by atoms with Crippen LogP contribution in [0.5, 0.6) is 0 Å². The summed E-state index contributed by atoms with van der Waals surface area (Å²) in [7, 11) is 0. The Morgan fingerprint density at radius 3 is 2.61 bits per heavy atom. The monoisotopic (exact) mass is 254 g/mol. The van der Waals surface area contributed by atoms with E-state index in [1.54, 1.807) is 0 Å². The highest BCUT2D eigenvalue weighted by molar-refractivity contribution is 5.81. The van der Waals surface area contributed by atoms with Gasteiger partial charge in [0, 0.05) is 0 Å². The summed E-state index contributed by atoms with van der Waals surface area (Å²) in [6.45, 7) is 1.65. The van der Waals surface area contributed by atoms with Gasteiger partial charge in [-0.3, -0.25) is 10.1 Å². The van der Waals surface area contributed by atoms with Crippen LogP contribution in [-0.4, -0.2) is 30.3 Å². The average Bonchev–Trinajstić information content (AvgIpc) is 2.71. The Balaban J connectivity index is 2.17. The quantitative estimate of drug-likeness (QED) is 0.890. The lowest BCUT2D eigenvalue weighted by molar-refractivity contribution is -0.130. The molecule has 5 heteroatoms. The minimum atomic E-state index is -2.51. The van der Waals surface area contributed by atoms with Crippen molar-refractivity contribution < 1.29 is 13.6 Å². The van der Waals surface area contributed by atoms with Crippen molar-refractivity contribution in [1.29, 1.82) is 0 Å². The third-order valence-corrected chi connectivity index (χ3v) is 3.12. The minimum Gasteiger partial charge on any atom is -0.316 e. The SMILES string of the molecule is CCc1ccc(C2NCC(=O)N2CC(F)F)cc1. The number of aryl methyl sites for hydroxylation is 1. The summed E-state index contributed by atoms with van der Waals surface area (Å²) in [5.41, 5.74) is 2.03. The molecule has 18 heavy (non-hydrogen) atoms. The molecule has 3 nitrogen and oxygen atoms in total. The van der Waals surface area contributed by atoms with Crippen molar-refractivity contribution in [3.8, 4) is 0 Å². The number of rotatable bonds is 4. The van der Waals surface area contributed by atoms with Gasteiger partial charge in [0.1, 0.15) is 6.17 Å².